The van der Waals surface area contributed by atoms with Gasteiger partial charge in [0.05, 0.1) is 18.6 Å². The minimum absolute atomic E-state index is 0.0386. The third-order valence-electron chi connectivity index (χ3n) is 6.69. The Balaban J connectivity index is 1.46. The first kappa shape index (κ1) is 19.5. The number of halogens is 1. The van der Waals surface area contributed by atoms with E-state index in [9.17, 15) is 9.59 Å². The second kappa shape index (κ2) is 7.56. The highest BCUT2D eigenvalue weighted by Crippen LogP contribution is 2.44. The van der Waals surface area contributed by atoms with Crippen LogP contribution in [0, 0.1) is 11.8 Å². The molecule has 7 heteroatoms. The lowest BCUT2D eigenvalue weighted by molar-refractivity contribution is -0.123. The van der Waals surface area contributed by atoms with Gasteiger partial charge in [0.15, 0.2) is 0 Å². The Kier molecular flexibility index (Phi) is 5.27. The van der Waals surface area contributed by atoms with E-state index in [-0.39, 0.29) is 23.3 Å². The smallest absolute Gasteiger partial charge is 0.257 e. The predicted octanol–water partition coefficient (Wildman–Crippen LogP) is 2.41. The zero-order valence-electron chi connectivity index (χ0n) is 16.5. The van der Waals surface area contributed by atoms with Crippen molar-refractivity contribution in [2.45, 2.75) is 31.7 Å². The normalized spacial score (nSPS) is 26.4. The standard InChI is InChI=1S/C21H28ClN3O3/c1-3-8-24-12-16-17(13-24)21(23-19(16)26)6-9-25(10-7-21)20(27)15-5-4-14(22)11-18(15)28-2/h4-5,11,16-17H,3,6-10,12-13H2,1-2H3,(H,23,26)/t16-,17+/m1/s1. The topological polar surface area (TPSA) is 61.9 Å². The zero-order valence-corrected chi connectivity index (χ0v) is 17.3. The summed E-state index contributed by atoms with van der Waals surface area (Å²) in [7, 11) is 1.55. The van der Waals surface area contributed by atoms with E-state index in [1.54, 1.807) is 25.3 Å². The Bertz CT molecular complexity index is 776. The third kappa shape index (κ3) is 3.26. The quantitative estimate of drug-likeness (QED) is 0.835. The number of amides is 2. The molecule has 0 unspecified atom stereocenters. The van der Waals surface area contributed by atoms with E-state index >= 15 is 0 Å². The summed E-state index contributed by atoms with van der Waals surface area (Å²) in [6.07, 6.45) is 2.72. The number of benzene rings is 1. The number of methoxy groups -OCH3 is 1. The van der Waals surface area contributed by atoms with Gasteiger partial charge in [-0.2, -0.15) is 0 Å². The summed E-state index contributed by atoms with van der Waals surface area (Å²) in [6, 6.07) is 5.11. The molecule has 1 spiro atoms. The van der Waals surface area contributed by atoms with Crippen LogP contribution in [-0.2, 0) is 4.79 Å². The summed E-state index contributed by atoms with van der Waals surface area (Å²) in [4.78, 5) is 29.9. The van der Waals surface area contributed by atoms with Crippen molar-refractivity contribution in [1.82, 2.24) is 15.1 Å². The van der Waals surface area contributed by atoms with Crippen LogP contribution >= 0.6 is 11.6 Å². The second-order valence-corrected chi connectivity index (χ2v) is 8.69. The fourth-order valence-electron chi connectivity index (χ4n) is 5.26. The number of fused-ring (bicyclic) bond motifs is 2. The number of rotatable bonds is 4. The van der Waals surface area contributed by atoms with E-state index in [0.717, 1.165) is 38.9 Å². The van der Waals surface area contributed by atoms with Gasteiger partial charge in [-0.05, 0) is 44.0 Å². The third-order valence-corrected chi connectivity index (χ3v) is 6.93. The van der Waals surface area contributed by atoms with Crippen molar-refractivity contribution in [2.75, 3.05) is 39.8 Å². The number of carbonyl (C=O) groups excluding carboxylic acids is 2. The first-order valence-electron chi connectivity index (χ1n) is 10.1. The van der Waals surface area contributed by atoms with Crippen molar-refractivity contribution >= 4 is 23.4 Å². The van der Waals surface area contributed by atoms with E-state index in [0.29, 0.717) is 35.3 Å². The molecule has 4 rings (SSSR count). The van der Waals surface area contributed by atoms with Gasteiger partial charge in [0.1, 0.15) is 5.75 Å². The second-order valence-electron chi connectivity index (χ2n) is 8.25. The fraction of sp³-hybridized carbons (Fsp3) is 0.619. The average Bonchev–Trinajstić information content (AvgIpc) is 3.22. The van der Waals surface area contributed by atoms with Crippen molar-refractivity contribution < 1.29 is 14.3 Å². The first-order chi connectivity index (χ1) is 13.5. The van der Waals surface area contributed by atoms with Crippen LogP contribution in [0.1, 0.15) is 36.5 Å². The van der Waals surface area contributed by atoms with Crippen molar-refractivity contribution in [3.63, 3.8) is 0 Å². The van der Waals surface area contributed by atoms with E-state index in [4.69, 9.17) is 16.3 Å². The Morgan fingerprint density at radius 3 is 2.75 bits per heavy atom. The maximum atomic E-state index is 13.0. The molecule has 6 nitrogen and oxygen atoms in total. The first-order valence-corrected chi connectivity index (χ1v) is 10.5. The molecule has 3 fully saturated rings. The maximum absolute atomic E-state index is 13.0. The summed E-state index contributed by atoms with van der Waals surface area (Å²) < 4.78 is 5.34. The van der Waals surface area contributed by atoms with Gasteiger partial charge in [-0.1, -0.05) is 18.5 Å². The summed E-state index contributed by atoms with van der Waals surface area (Å²) in [6.45, 7) is 6.37. The molecular formula is C21H28ClN3O3. The molecule has 152 valence electrons. The molecule has 3 aliphatic rings. The van der Waals surface area contributed by atoms with Crippen LogP contribution in [0.2, 0.25) is 5.02 Å². The predicted molar refractivity (Wildman–Crippen MR) is 108 cm³/mol. The highest BCUT2D eigenvalue weighted by Gasteiger charge is 2.57. The van der Waals surface area contributed by atoms with E-state index < -0.39 is 0 Å². The van der Waals surface area contributed by atoms with E-state index in [1.807, 2.05) is 4.90 Å². The number of nitrogens with zero attached hydrogens (tertiary/aromatic N) is 2. The van der Waals surface area contributed by atoms with Crippen molar-refractivity contribution in [1.29, 1.82) is 0 Å². The Labute approximate surface area is 171 Å². The summed E-state index contributed by atoms with van der Waals surface area (Å²) in [5.74, 6) is 1.11. The molecule has 3 heterocycles. The monoisotopic (exact) mass is 405 g/mol. The minimum Gasteiger partial charge on any atom is -0.496 e. The van der Waals surface area contributed by atoms with Gasteiger partial charge >= 0.3 is 0 Å². The number of carbonyl (C=O) groups is 2. The molecule has 2 amide bonds. The van der Waals surface area contributed by atoms with Crippen LogP contribution in [0.25, 0.3) is 0 Å². The lowest BCUT2D eigenvalue weighted by Crippen LogP contribution is -2.56. The summed E-state index contributed by atoms with van der Waals surface area (Å²) >= 11 is 6.02. The molecule has 0 radical (unpaired) electrons. The molecule has 0 saturated carbocycles. The minimum atomic E-state index is -0.162. The van der Waals surface area contributed by atoms with Crippen LogP contribution in [0.15, 0.2) is 18.2 Å². The molecule has 0 bridgehead atoms. The average molecular weight is 406 g/mol. The number of hydrogen-bond donors (Lipinski definition) is 1. The highest BCUT2D eigenvalue weighted by atomic mass is 35.5. The van der Waals surface area contributed by atoms with Crippen LogP contribution in [-0.4, -0.2) is 67.0 Å². The fourth-order valence-corrected chi connectivity index (χ4v) is 5.42. The van der Waals surface area contributed by atoms with Gasteiger partial charge in [-0.25, -0.2) is 0 Å². The number of piperidine rings is 1. The summed E-state index contributed by atoms with van der Waals surface area (Å²) in [5.41, 5.74) is 0.372. The van der Waals surface area contributed by atoms with Crippen molar-refractivity contribution in [3.05, 3.63) is 28.8 Å². The zero-order chi connectivity index (χ0) is 19.9. The molecule has 2 atom stereocenters. The van der Waals surface area contributed by atoms with E-state index in [2.05, 4.69) is 17.1 Å². The van der Waals surface area contributed by atoms with Crippen molar-refractivity contribution in [3.8, 4) is 5.75 Å². The van der Waals surface area contributed by atoms with Gasteiger partial charge in [0.2, 0.25) is 5.91 Å². The summed E-state index contributed by atoms with van der Waals surface area (Å²) in [5, 5.41) is 3.86. The molecule has 0 aromatic heterocycles. The lowest BCUT2D eigenvalue weighted by atomic mass is 9.75. The Hall–Kier alpha value is -1.79. The molecule has 1 aromatic rings. The van der Waals surface area contributed by atoms with Gasteiger partial charge in [0, 0.05) is 42.7 Å². The largest absolute Gasteiger partial charge is 0.496 e. The van der Waals surface area contributed by atoms with Crippen LogP contribution < -0.4 is 10.1 Å². The van der Waals surface area contributed by atoms with Crippen LogP contribution in [0.4, 0.5) is 0 Å². The molecule has 1 N–H and O–H groups in total. The van der Waals surface area contributed by atoms with Gasteiger partial charge < -0.3 is 19.9 Å². The van der Waals surface area contributed by atoms with Crippen molar-refractivity contribution in [2.24, 2.45) is 11.8 Å². The number of likely N-dealkylation sites (tertiary alicyclic amines) is 2. The number of ether oxygens (including phenoxy) is 1. The molecule has 3 saturated heterocycles. The SMILES string of the molecule is CCCN1C[C@H]2C(=O)NC3(CCN(C(=O)c4ccc(Cl)cc4OC)CC3)[C@H]2C1. The van der Waals surface area contributed by atoms with Crippen LogP contribution in [0.5, 0.6) is 5.75 Å². The highest BCUT2D eigenvalue weighted by molar-refractivity contribution is 6.30. The molecule has 28 heavy (non-hydrogen) atoms. The maximum Gasteiger partial charge on any atom is 0.257 e. The van der Waals surface area contributed by atoms with Crippen LogP contribution in [0.3, 0.4) is 0 Å². The molecule has 0 aliphatic carbocycles. The lowest BCUT2D eigenvalue weighted by Gasteiger charge is -2.43. The van der Waals surface area contributed by atoms with E-state index in [1.165, 1.54) is 0 Å². The van der Waals surface area contributed by atoms with Gasteiger partial charge in [-0.3, -0.25) is 9.59 Å². The van der Waals surface area contributed by atoms with Gasteiger partial charge in [0.25, 0.3) is 5.91 Å². The number of hydrogen-bond acceptors (Lipinski definition) is 4. The molecular weight excluding hydrogens is 378 g/mol. The molecule has 3 aliphatic heterocycles. The Morgan fingerprint density at radius 1 is 1.32 bits per heavy atom. The Morgan fingerprint density at radius 2 is 2.07 bits per heavy atom. The number of nitrogens with one attached hydrogen (secondary N) is 1. The molecule has 1 aromatic carbocycles. The van der Waals surface area contributed by atoms with Gasteiger partial charge in [-0.15, -0.1) is 0 Å².